The molecule has 116 valence electrons. The summed E-state index contributed by atoms with van der Waals surface area (Å²) < 4.78 is 11.3. The Bertz CT molecular complexity index is 802. The summed E-state index contributed by atoms with van der Waals surface area (Å²) in [6.07, 6.45) is 1.45. The van der Waals surface area contributed by atoms with E-state index in [0.717, 1.165) is 35.5 Å². The third-order valence-electron chi connectivity index (χ3n) is 5.20. The van der Waals surface area contributed by atoms with Gasteiger partial charge in [-0.25, -0.2) is 0 Å². The first-order chi connectivity index (χ1) is 11.3. The van der Waals surface area contributed by atoms with Crippen LogP contribution in [0.25, 0.3) is 0 Å². The van der Waals surface area contributed by atoms with Gasteiger partial charge in [0, 0.05) is 29.3 Å². The lowest BCUT2D eigenvalue weighted by molar-refractivity contribution is 0.0987. The first kappa shape index (κ1) is 13.1. The van der Waals surface area contributed by atoms with E-state index in [9.17, 15) is 4.79 Å². The van der Waals surface area contributed by atoms with Gasteiger partial charge in [0.05, 0.1) is 13.2 Å². The Hall–Kier alpha value is -2.33. The molecule has 1 fully saturated rings. The van der Waals surface area contributed by atoms with Gasteiger partial charge < -0.3 is 14.4 Å². The number of epoxide rings is 1. The van der Waals surface area contributed by atoms with E-state index in [1.807, 2.05) is 47.4 Å². The maximum atomic E-state index is 12.9. The summed E-state index contributed by atoms with van der Waals surface area (Å²) in [6.45, 7) is 0.732. The molecule has 0 spiro atoms. The van der Waals surface area contributed by atoms with Crippen LogP contribution in [-0.2, 0) is 4.74 Å². The van der Waals surface area contributed by atoms with Gasteiger partial charge in [0.1, 0.15) is 11.9 Å². The number of benzene rings is 2. The van der Waals surface area contributed by atoms with E-state index in [-0.39, 0.29) is 12.0 Å². The molecule has 4 heteroatoms. The molecule has 5 rings (SSSR count). The van der Waals surface area contributed by atoms with Crippen molar-refractivity contribution in [1.82, 2.24) is 0 Å². The first-order valence-corrected chi connectivity index (χ1v) is 8.01. The Morgan fingerprint density at radius 2 is 2.00 bits per heavy atom. The highest BCUT2D eigenvalue weighted by Crippen LogP contribution is 2.59. The quantitative estimate of drug-likeness (QED) is 0.800. The molecule has 0 bridgehead atoms. The van der Waals surface area contributed by atoms with E-state index < -0.39 is 0 Å². The van der Waals surface area contributed by atoms with Gasteiger partial charge in [-0.15, -0.1) is 0 Å². The zero-order valence-electron chi connectivity index (χ0n) is 12.9. The second-order valence-electron chi connectivity index (χ2n) is 6.42. The summed E-state index contributed by atoms with van der Waals surface area (Å²) in [4.78, 5) is 14.8. The van der Waals surface area contributed by atoms with Crippen molar-refractivity contribution in [2.45, 2.75) is 24.5 Å². The molecule has 1 saturated heterocycles. The van der Waals surface area contributed by atoms with Gasteiger partial charge in [-0.05, 0) is 36.2 Å². The molecular weight excluding hydrogens is 290 g/mol. The fourth-order valence-corrected chi connectivity index (χ4v) is 4.13. The maximum Gasteiger partial charge on any atom is 0.258 e. The van der Waals surface area contributed by atoms with Crippen LogP contribution in [0.3, 0.4) is 0 Å². The molecule has 23 heavy (non-hydrogen) atoms. The Balaban J connectivity index is 1.62. The van der Waals surface area contributed by atoms with Crippen LogP contribution in [0.15, 0.2) is 42.5 Å². The summed E-state index contributed by atoms with van der Waals surface area (Å²) in [7, 11) is 1.70. The van der Waals surface area contributed by atoms with Gasteiger partial charge in [0.2, 0.25) is 0 Å². The highest BCUT2D eigenvalue weighted by atomic mass is 16.6. The predicted octanol–water partition coefficient (Wildman–Crippen LogP) is 3.28. The summed E-state index contributed by atoms with van der Waals surface area (Å²) in [5, 5.41) is 0. The van der Waals surface area contributed by atoms with Crippen LogP contribution in [-0.4, -0.2) is 25.7 Å². The van der Waals surface area contributed by atoms with Gasteiger partial charge in [-0.1, -0.05) is 18.2 Å². The SMILES string of the molecule is COc1ccc2c3c1C1OC1CC3CN2C(=O)c1ccccc1. The Kier molecular flexibility index (Phi) is 2.62. The Labute approximate surface area is 134 Å². The number of hydrogen-bond donors (Lipinski definition) is 0. The molecule has 4 nitrogen and oxygen atoms in total. The normalized spacial score (nSPS) is 26.5. The minimum Gasteiger partial charge on any atom is -0.496 e. The fourth-order valence-electron chi connectivity index (χ4n) is 4.13. The van der Waals surface area contributed by atoms with Crippen molar-refractivity contribution in [1.29, 1.82) is 0 Å². The lowest BCUT2D eigenvalue weighted by Crippen LogP contribution is -2.30. The van der Waals surface area contributed by atoms with Gasteiger partial charge in [0.25, 0.3) is 5.91 Å². The molecule has 0 saturated carbocycles. The number of amides is 1. The van der Waals surface area contributed by atoms with Crippen LogP contribution in [0.4, 0.5) is 5.69 Å². The van der Waals surface area contributed by atoms with Crippen molar-refractivity contribution in [3.8, 4) is 5.75 Å². The first-order valence-electron chi connectivity index (χ1n) is 8.01. The van der Waals surface area contributed by atoms with E-state index in [0.29, 0.717) is 12.0 Å². The lowest BCUT2D eigenvalue weighted by atomic mass is 9.83. The highest BCUT2D eigenvalue weighted by molar-refractivity contribution is 6.07. The van der Waals surface area contributed by atoms with Crippen molar-refractivity contribution >= 4 is 11.6 Å². The van der Waals surface area contributed by atoms with E-state index >= 15 is 0 Å². The molecule has 2 aromatic rings. The minimum absolute atomic E-state index is 0.0713. The number of ether oxygens (including phenoxy) is 2. The number of methoxy groups -OCH3 is 1. The Morgan fingerprint density at radius 3 is 2.78 bits per heavy atom. The molecular formula is C19H17NO3. The molecule has 3 aliphatic rings. The highest BCUT2D eigenvalue weighted by Gasteiger charge is 2.53. The van der Waals surface area contributed by atoms with Crippen molar-refractivity contribution in [3.05, 3.63) is 59.2 Å². The van der Waals surface area contributed by atoms with E-state index in [1.54, 1.807) is 7.11 Å². The van der Waals surface area contributed by atoms with Crippen LogP contribution < -0.4 is 9.64 Å². The predicted molar refractivity (Wildman–Crippen MR) is 86.1 cm³/mol. The number of fused-ring (bicyclic) bond motifs is 2. The van der Waals surface area contributed by atoms with E-state index in [2.05, 4.69) is 0 Å². The number of rotatable bonds is 2. The molecule has 0 aromatic heterocycles. The second-order valence-corrected chi connectivity index (χ2v) is 6.42. The number of anilines is 1. The molecule has 0 radical (unpaired) electrons. The van der Waals surface area contributed by atoms with Crippen LogP contribution >= 0.6 is 0 Å². The molecule has 2 aromatic carbocycles. The smallest absolute Gasteiger partial charge is 0.258 e. The van der Waals surface area contributed by atoms with Crippen molar-refractivity contribution in [2.75, 3.05) is 18.6 Å². The van der Waals surface area contributed by atoms with Crippen LogP contribution in [0.2, 0.25) is 0 Å². The van der Waals surface area contributed by atoms with Crippen molar-refractivity contribution in [3.63, 3.8) is 0 Å². The molecule has 1 amide bonds. The van der Waals surface area contributed by atoms with Crippen molar-refractivity contribution in [2.24, 2.45) is 0 Å². The largest absolute Gasteiger partial charge is 0.496 e. The molecule has 2 heterocycles. The number of carbonyl (C=O) groups is 1. The zero-order valence-corrected chi connectivity index (χ0v) is 12.9. The van der Waals surface area contributed by atoms with E-state index in [1.165, 1.54) is 5.56 Å². The van der Waals surface area contributed by atoms with Gasteiger partial charge >= 0.3 is 0 Å². The third-order valence-corrected chi connectivity index (χ3v) is 5.20. The third kappa shape index (κ3) is 1.78. The molecule has 3 unspecified atom stereocenters. The van der Waals surface area contributed by atoms with Gasteiger partial charge in [0.15, 0.2) is 0 Å². The standard InChI is InChI=1S/C19H17NO3/c1-22-14-8-7-13-16-12(9-15-18(23-15)17(14)16)10-20(13)19(21)11-5-3-2-4-6-11/h2-8,12,15,18H,9-10H2,1H3. The lowest BCUT2D eigenvalue weighted by Gasteiger charge is -2.19. The van der Waals surface area contributed by atoms with Gasteiger partial charge in [-0.2, -0.15) is 0 Å². The fraction of sp³-hybridized carbons (Fsp3) is 0.316. The van der Waals surface area contributed by atoms with Crippen LogP contribution in [0, 0.1) is 0 Å². The van der Waals surface area contributed by atoms with Crippen LogP contribution in [0.1, 0.15) is 39.9 Å². The second kappa shape index (κ2) is 4.59. The topological polar surface area (TPSA) is 42.1 Å². The average Bonchev–Trinajstić information content (AvgIpc) is 3.29. The number of carbonyl (C=O) groups excluding carboxylic acids is 1. The summed E-state index contributed by atoms with van der Waals surface area (Å²) in [5.74, 6) is 1.31. The summed E-state index contributed by atoms with van der Waals surface area (Å²) in [5.41, 5.74) is 4.17. The van der Waals surface area contributed by atoms with Crippen molar-refractivity contribution < 1.29 is 14.3 Å². The van der Waals surface area contributed by atoms with Crippen LogP contribution in [0.5, 0.6) is 5.75 Å². The minimum atomic E-state index is 0.0713. The summed E-state index contributed by atoms with van der Waals surface area (Å²) in [6, 6.07) is 13.5. The average molecular weight is 307 g/mol. The maximum absolute atomic E-state index is 12.9. The zero-order chi connectivity index (χ0) is 15.6. The van der Waals surface area contributed by atoms with E-state index in [4.69, 9.17) is 9.47 Å². The Morgan fingerprint density at radius 1 is 1.17 bits per heavy atom. The molecule has 1 aliphatic carbocycles. The molecule has 3 atom stereocenters. The van der Waals surface area contributed by atoms with Gasteiger partial charge in [-0.3, -0.25) is 4.79 Å². The molecule has 2 aliphatic heterocycles. The monoisotopic (exact) mass is 307 g/mol. The molecule has 0 N–H and O–H groups in total. The number of hydrogen-bond acceptors (Lipinski definition) is 3. The summed E-state index contributed by atoms with van der Waals surface area (Å²) >= 11 is 0. The number of nitrogens with zero attached hydrogens (tertiary/aromatic N) is 1.